The number of pyridine rings is 2. The second-order valence-corrected chi connectivity index (χ2v) is 6.91. The lowest BCUT2D eigenvalue weighted by Gasteiger charge is -2.35. The summed E-state index contributed by atoms with van der Waals surface area (Å²) in [5.41, 5.74) is 2.62. The number of rotatable bonds is 4. The van der Waals surface area contributed by atoms with Crippen LogP contribution < -0.4 is 0 Å². The number of allylic oxidation sites excluding steroid dienone is 1. The molecular formula is C17H15Cl3N4. The van der Waals surface area contributed by atoms with Crippen LogP contribution in [0.15, 0.2) is 47.9 Å². The lowest BCUT2D eigenvalue weighted by atomic mass is 9.96. The first kappa shape index (κ1) is 17.2. The maximum Gasteiger partial charge on any atom is 0.129 e. The third-order valence-electron chi connectivity index (χ3n) is 3.84. The van der Waals surface area contributed by atoms with Gasteiger partial charge in [-0.1, -0.05) is 46.9 Å². The molecule has 1 N–H and O–H groups in total. The zero-order valence-electron chi connectivity index (χ0n) is 12.7. The van der Waals surface area contributed by atoms with Gasteiger partial charge in [0.05, 0.1) is 6.04 Å². The summed E-state index contributed by atoms with van der Waals surface area (Å²) in [6.45, 7) is 0.606. The van der Waals surface area contributed by atoms with Crippen molar-refractivity contribution in [3.63, 3.8) is 0 Å². The van der Waals surface area contributed by atoms with E-state index in [1.165, 1.54) is 0 Å². The Morgan fingerprint density at radius 2 is 1.62 bits per heavy atom. The van der Waals surface area contributed by atoms with Crippen molar-refractivity contribution in [3.05, 3.63) is 69.3 Å². The lowest BCUT2D eigenvalue weighted by molar-refractivity contribution is 0.314. The quantitative estimate of drug-likeness (QED) is 0.781. The summed E-state index contributed by atoms with van der Waals surface area (Å²) < 4.78 is 0. The molecule has 0 fully saturated rings. The molecule has 7 heteroatoms. The van der Waals surface area contributed by atoms with Crippen molar-refractivity contribution >= 4 is 40.5 Å². The van der Waals surface area contributed by atoms with Gasteiger partial charge in [-0.2, -0.15) is 0 Å². The Hall–Kier alpha value is -1.62. The monoisotopic (exact) mass is 380 g/mol. The lowest BCUT2D eigenvalue weighted by Crippen LogP contribution is -2.41. The molecule has 3 heterocycles. The fourth-order valence-corrected chi connectivity index (χ4v) is 3.17. The summed E-state index contributed by atoms with van der Waals surface area (Å²) in [5, 5.41) is 9.93. The molecule has 24 heavy (non-hydrogen) atoms. The number of hydrogen-bond acceptors (Lipinski definition) is 4. The Balaban J connectivity index is 1.82. The number of hydrogen-bond donors (Lipinski definition) is 1. The van der Waals surface area contributed by atoms with Crippen molar-refractivity contribution < 1.29 is 0 Å². The third-order valence-corrected chi connectivity index (χ3v) is 4.52. The van der Waals surface area contributed by atoms with Gasteiger partial charge in [0.1, 0.15) is 10.3 Å². The molecule has 1 aliphatic heterocycles. The molecule has 0 saturated carbocycles. The molecule has 0 aliphatic carbocycles. The minimum absolute atomic E-state index is 0.0776. The minimum Gasteiger partial charge on any atom is -0.363 e. The maximum atomic E-state index is 8.35. The predicted octanol–water partition coefficient (Wildman–Crippen LogP) is 4.70. The number of halogens is 3. The Labute approximate surface area is 155 Å². The Morgan fingerprint density at radius 1 is 1.00 bits per heavy atom. The fraction of sp³-hybridized carbons (Fsp3) is 0.235. The van der Waals surface area contributed by atoms with E-state index in [2.05, 4.69) is 14.9 Å². The standard InChI is InChI=1S/C17H15Cl3N4/c18-13-6-14(21)15(5-11-1-3-16(19)22-7-11)24(10-13)9-12-2-4-17(20)23-8-12/h1-4,7-8,10,15,21H,5-6,9H2. The summed E-state index contributed by atoms with van der Waals surface area (Å²) in [6, 6.07) is 7.31. The highest BCUT2D eigenvalue weighted by Gasteiger charge is 2.26. The van der Waals surface area contributed by atoms with E-state index < -0.39 is 0 Å². The first-order valence-electron chi connectivity index (χ1n) is 7.41. The van der Waals surface area contributed by atoms with Crippen LogP contribution in [0.4, 0.5) is 0 Å². The van der Waals surface area contributed by atoms with Crippen LogP contribution in [0.2, 0.25) is 10.3 Å². The molecule has 0 aromatic carbocycles. The molecule has 2 aromatic rings. The normalized spacial score (nSPS) is 17.8. The van der Waals surface area contributed by atoms with E-state index in [-0.39, 0.29) is 6.04 Å². The van der Waals surface area contributed by atoms with E-state index in [1.807, 2.05) is 18.3 Å². The van der Waals surface area contributed by atoms with Crippen molar-refractivity contribution in [3.8, 4) is 0 Å². The van der Waals surface area contributed by atoms with Crippen molar-refractivity contribution in [2.75, 3.05) is 0 Å². The van der Waals surface area contributed by atoms with Crippen molar-refractivity contribution in [1.29, 1.82) is 5.41 Å². The molecule has 124 valence electrons. The molecule has 1 atom stereocenters. The van der Waals surface area contributed by atoms with Crippen LogP contribution in [0.1, 0.15) is 17.5 Å². The second-order valence-electron chi connectivity index (χ2n) is 5.65. The van der Waals surface area contributed by atoms with E-state index in [0.717, 1.165) is 11.1 Å². The van der Waals surface area contributed by atoms with Crippen LogP contribution in [0, 0.1) is 5.41 Å². The van der Waals surface area contributed by atoms with Gasteiger partial charge in [-0.05, 0) is 29.7 Å². The SMILES string of the molecule is N=C1CC(Cl)=CN(Cc2ccc(Cl)nc2)C1Cc1ccc(Cl)nc1. The van der Waals surface area contributed by atoms with Crippen LogP contribution >= 0.6 is 34.8 Å². The van der Waals surface area contributed by atoms with Crippen molar-refractivity contribution in [1.82, 2.24) is 14.9 Å². The number of aromatic nitrogens is 2. The van der Waals surface area contributed by atoms with E-state index in [9.17, 15) is 0 Å². The van der Waals surface area contributed by atoms with Crippen LogP contribution in [-0.4, -0.2) is 26.6 Å². The third kappa shape index (κ3) is 4.26. The van der Waals surface area contributed by atoms with Crippen molar-refractivity contribution in [2.45, 2.75) is 25.4 Å². The molecule has 0 spiro atoms. The molecule has 0 saturated heterocycles. The number of nitrogens with zero attached hydrogens (tertiary/aromatic N) is 3. The number of nitrogens with one attached hydrogen (secondary N) is 1. The maximum absolute atomic E-state index is 8.35. The molecule has 3 rings (SSSR count). The van der Waals surface area contributed by atoms with Crippen LogP contribution in [0.5, 0.6) is 0 Å². The second kappa shape index (κ2) is 7.51. The van der Waals surface area contributed by atoms with Gasteiger partial charge < -0.3 is 10.3 Å². The molecule has 4 nitrogen and oxygen atoms in total. The van der Waals surface area contributed by atoms with Gasteiger partial charge in [0.2, 0.25) is 0 Å². The average Bonchev–Trinajstić information content (AvgIpc) is 2.54. The highest BCUT2D eigenvalue weighted by Crippen LogP contribution is 2.25. The van der Waals surface area contributed by atoms with E-state index in [0.29, 0.717) is 40.4 Å². The summed E-state index contributed by atoms with van der Waals surface area (Å²) >= 11 is 17.9. The molecule has 2 aromatic heterocycles. The Kier molecular flexibility index (Phi) is 5.39. The largest absolute Gasteiger partial charge is 0.363 e. The first-order chi connectivity index (χ1) is 11.5. The minimum atomic E-state index is -0.0776. The highest BCUT2D eigenvalue weighted by molar-refractivity contribution is 6.31. The molecule has 1 unspecified atom stereocenters. The average molecular weight is 382 g/mol. The van der Waals surface area contributed by atoms with Crippen LogP contribution in [-0.2, 0) is 13.0 Å². The smallest absolute Gasteiger partial charge is 0.129 e. The summed E-state index contributed by atoms with van der Waals surface area (Å²) in [7, 11) is 0. The summed E-state index contributed by atoms with van der Waals surface area (Å²) in [6.07, 6.45) is 6.54. The van der Waals surface area contributed by atoms with Gasteiger partial charge in [0.25, 0.3) is 0 Å². The topological polar surface area (TPSA) is 52.9 Å². The summed E-state index contributed by atoms with van der Waals surface area (Å²) in [4.78, 5) is 10.3. The Bertz CT molecular complexity index is 756. The van der Waals surface area contributed by atoms with Gasteiger partial charge in [-0.3, -0.25) is 0 Å². The van der Waals surface area contributed by atoms with Gasteiger partial charge in [-0.25, -0.2) is 9.97 Å². The van der Waals surface area contributed by atoms with Crippen LogP contribution in [0.3, 0.4) is 0 Å². The summed E-state index contributed by atoms with van der Waals surface area (Å²) in [5.74, 6) is 0. The highest BCUT2D eigenvalue weighted by atomic mass is 35.5. The van der Waals surface area contributed by atoms with E-state index in [1.54, 1.807) is 24.5 Å². The van der Waals surface area contributed by atoms with E-state index in [4.69, 9.17) is 40.2 Å². The van der Waals surface area contributed by atoms with Crippen molar-refractivity contribution in [2.24, 2.45) is 0 Å². The van der Waals surface area contributed by atoms with Gasteiger partial charge in [0.15, 0.2) is 0 Å². The fourth-order valence-electron chi connectivity index (χ4n) is 2.67. The molecule has 0 amide bonds. The Morgan fingerprint density at radius 3 is 2.21 bits per heavy atom. The molecule has 0 radical (unpaired) electrons. The van der Waals surface area contributed by atoms with Gasteiger partial charge >= 0.3 is 0 Å². The molecular weight excluding hydrogens is 367 g/mol. The predicted molar refractivity (Wildman–Crippen MR) is 97.8 cm³/mol. The van der Waals surface area contributed by atoms with E-state index >= 15 is 0 Å². The van der Waals surface area contributed by atoms with Gasteiger partial charge in [0, 0.05) is 42.3 Å². The zero-order valence-corrected chi connectivity index (χ0v) is 15.0. The molecule has 0 bridgehead atoms. The van der Waals surface area contributed by atoms with Crippen LogP contribution in [0.25, 0.3) is 0 Å². The zero-order chi connectivity index (χ0) is 17.1. The first-order valence-corrected chi connectivity index (χ1v) is 8.55. The molecule has 1 aliphatic rings. The van der Waals surface area contributed by atoms with Gasteiger partial charge in [-0.15, -0.1) is 0 Å².